The molecular weight excluding hydrogens is 502 g/mol. The molecule has 4 saturated heterocycles. The average Bonchev–Trinajstić information content (AvgIpc) is 3.42. The van der Waals surface area contributed by atoms with Crippen molar-refractivity contribution in [3.63, 3.8) is 0 Å². The number of anilines is 1. The second kappa shape index (κ2) is 11.3. The van der Waals surface area contributed by atoms with Crippen molar-refractivity contribution >= 4 is 22.5 Å². The summed E-state index contributed by atoms with van der Waals surface area (Å²) in [6.07, 6.45) is 7.90. The van der Waals surface area contributed by atoms with E-state index in [-0.39, 0.29) is 5.91 Å². The van der Waals surface area contributed by atoms with Crippen molar-refractivity contribution in [2.45, 2.75) is 38.1 Å². The van der Waals surface area contributed by atoms with Gasteiger partial charge >= 0.3 is 0 Å². The summed E-state index contributed by atoms with van der Waals surface area (Å²) in [6, 6.07) is 12.7. The molecule has 4 fully saturated rings. The van der Waals surface area contributed by atoms with Gasteiger partial charge < -0.3 is 29.6 Å². The Morgan fingerprint density at radius 1 is 0.925 bits per heavy atom. The number of aromatic amines is 1. The Morgan fingerprint density at radius 3 is 2.55 bits per heavy atom. The fraction of sp³-hybridized carbons (Fsp3) is 0.531. The summed E-state index contributed by atoms with van der Waals surface area (Å²) in [4.78, 5) is 24.1. The summed E-state index contributed by atoms with van der Waals surface area (Å²) in [7, 11) is 0. The van der Waals surface area contributed by atoms with Gasteiger partial charge in [-0.25, -0.2) is 0 Å². The number of hydrogen-bond donors (Lipinski definition) is 2. The van der Waals surface area contributed by atoms with Crippen LogP contribution in [0.5, 0.6) is 11.5 Å². The van der Waals surface area contributed by atoms with Crippen molar-refractivity contribution < 1.29 is 14.3 Å². The van der Waals surface area contributed by atoms with Crippen molar-refractivity contribution in [3.8, 4) is 11.5 Å². The molecule has 212 valence electrons. The van der Waals surface area contributed by atoms with E-state index < -0.39 is 0 Å². The van der Waals surface area contributed by atoms with Gasteiger partial charge in [0.05, 0.1) is 0 Å². The Morgan fingerprint density at radius 2 is 1.75 bits per heavy atom. The number of nitrogens with zero attached hydrogens (tertiary/aromatic N) is 3. The number of carbonyl (C=O) groups is 1. The second-order valence-electron chi connectivity index (χ2n) is 11.9. The summed E-state index contributed by atoms with van der Waals surface area (Å²) >= 11 is 0. The number of benzene rings is 2. The average molecular weight is 544 g/mol. The molecule has 0 saturated carbocycles. The van der Waals surface area contributed by atoms with Crippen LogP contribution in [0.3, 0.4) is 0 Å². The molecule has 8 rings (SSSR count). The number of H-pyrrole nitrogens is 1. The van der Waals surface area contributed by atoms with Crippen LogP contribution in [0.1, 0.15) is 41.6 Å². The first-order valence-corrected chi connectivity index (χ1v) is 15.2. The van der Waals surface area contributed by atoms with E-state index >= 15 is 0 Å². The molecule has 2 bridgehead atoms. The predicted molar refractivity (Wildman–Crippen MR) is 158 cm³/mol. The third-order valence-electron chi connectivity index (χ3n) is 9.44. The predicted octanol–water partition coefficient (Wildman–Crippen LogP) is 3.91. The number of piperidine rings is 3. The van der Waals surface area contributed by atoms with Crippen molar-refractivity contribution in [3.05, 3.63) is 53.7 Å². The lowest BCUT2D eigenvalue weighted by atomic mass is 9.84. The number of hydrogen-bond acceptors (Lipinski definition) is 6. The minimum absolute atomic E-state index is 0.0724. The molecule has 3 aromatic rings. The SMILES string of the molecule is O=C(NC1CN2CCC1CC2)c1ccc2[nH]cc(CCCCN3CCN(c4ccc5c(c4)OCCO5)CC3)c2c1. The summed E-state index contributed by atoms with van der Waals surface area (Å²) in [5.74, 6) is 2.43. The van der Waals surface area contributed by atoms with E-state index in [9.17, 15) is 4.79 Å². The van der Waals surface area contributed by atoms with Gasteiger partial charge in [0.2, 0.25) is 0 Å². The van der Waals surface area contributed by atoms with Crippen molar-refractivity contribution in [1.29, 1.82) is 0 Å². The van der Waals surface area contributed by atoms with Crippen molar-refractivity contribution in [2.24, 2.45) is 5.92 Å². The molecule has 5 aliphatic rings. The van der Waals surface area contributed by atoms with Gasteiger partial charge in [-0.2, -0.15) is 0 Å². The molecule has 2 N–H and O–H groups in total. The number of unbranched alkanes of at least 4 members (excludes halogenated alkanes) is 1. The number of amides is 1. The number of piperazine rings is 1. The maximum absolute atomic E-state index is 13.1. The molecule has 2 aromatic carbocycles. The lowest BCUT2D eigenvalue weighted by Gasteiger charge is -2.44. The zero-order valence-corrected chi connectivity index (χ0v) is 23.4. The largest absolute Gasteiger partial charge is 0.486 e. The third-order valence-corrected chi connectivity index (χ3v) is 9.44. The van der Waals surface area contributed by atoms with Gasteiger partial charge in [-0.1, -0.05) is 0 Å². The first kappa shape index (κ1) is 25.7. The van der Waals surface area contributed by atoms with Crippen molar-refractivity contribution in [2.75, 3.05) is 70.5 Å². The van der Waals surface area contributed by atoms with E-state index in [2.05, 4.69) is 55.5 Å². The normalized spacial score (nSPS) is 24.4. The van der Waals surface area contributed by atoms with Gasteiger partial charge in [-0.15, -0.1) is 0 Å². The van der Waals surface area contributed by atoms with Crippen LogP contribution < -0.4 is 19.7 Å². The number of aromatic nitrogens is 1. The van der Waals surface area contributed by atoms with Crippen LogP contribution >= 0.6 is 0 Å². The number of aryl methyl sites for hydroxylation is 1. The summed E-state index contributed by atoms with van der Waals surface area (Å²) in [5, 5.41) is 4.54. The van der Waals surface area contributed by atoms with Gasteiger partial charge in [-0.3, -0.25) is 9.69 Å². The van der Waals surface area contributed by atoms with Gasteiger partial charge in [0, 0.05) is 73.2 Å². The van der Waals surface area contributed by atoms with E-state index in [1.807, 2.05) is 12.1 Å². The highest BCUT2D eigenvalue weighted by Gasteiger charge is 2.35. The van der Waals surface area contributed by atoms with Crippen LogP contribution in [-0.2, 0) is 6.42 Å². The lowest BCUT2D eigenvalue weighted by molar-refractivity contribution is 0.0620. The number of rotatable bonds is 8. The van der Waals surface area contributed by atoms with Crippen molar-refractivity contribution in [1.82, 2.24) is 20.1 Å². The first-order valence-electron chi connectivity index (χ1n) is 15.2. The first-order chi connectivity index (χ1) is 19.7. The summed E-state index contributed by atoms with van der Waals surface area (Å²) in [6.45, 7) is 9.99. The Kier molecular flexibility index (Phi) is 7.29. The van der Waals surface area contributed by atoms with E-state index in [1.165, 1.54) is 49.0 Å². The number of carbonyl (C=O) groups excluding carboxylic acids is 1. The second-order valence-corrected chi connectivity index (χ2v) is 11.9. The third kappa shape index (κ3) is 5.39. The van der Waals surface area contributed by atoms with E-state index in [0.717, 1.165) is 74.7 Å². The number of fused-ring (bicyclic) bond motifs is 5. The molecule has 8 heteroatoms. The molecule has 1 atom stereocenters. The van der Waals surface area contributed by atoms with Gasteiger partial charge in [-0.05, 0) is 93.6 Å². The Hall–Kier alpha value is -3.23. The van der Waals surface area contributed by atoms with Gasteiger partial charge in [0.1, 0.15) is 13.2 Å². The summed E-state index contributed by atoms with van der Waals surface area (Å²) in [5.41, 5.74) is 4.43. The van der Waals surface area contributed by atoms with Crippen LogP contribution in [-0.4, -0.2) is 92.3 Å². The number of nitrogens with one attached hydrogen (secondary N) is 2. The Labute approximate surface area is 236 Å². The molecule has 0 aliphatic carbocycles. The molecule has 40 heavy (non-hydrogen) atoms. The molecule has 0 spiro atoms. The molecule has 0 radical (unpaired) electrons. The Bertz CT molecular complexity index is 1340. The molecule has 1 aromatic heterocycles. The zero-order valence-electron chi connectivity index (χ0n) is 23.4. The van der Waals surface area contributed by atoms with Crippen LogP contribution in [0.15, 0.2) is 42.6 Å². The molecule has 8 nitrogen and oxygen atoms in total. The molecule has 1 unspecified atom stereocenters. The van der Waals surface area contributed by atoms with Crippen LogP contribution in [0.2, 0.25) is 0 Å². The topological polar surface area (TPSA) is 73.1 Å². The quantitative estimate of drug-likeness (QED) is 0.420. The minimum Gasteiger partial charge on any atom is -0.486 e. The molecule has 1 amide bonds. The summed E-state index contributed by atoms with van der Waals surface area (Å²) < 4.78 is 11.4. The zero-order chi connectivity index (χ0) is 26.9. The van der Waals surface area contributed by atoms with Gasteiger partial charge in [0.25, 0.3) is 5.91 Å². The highest BCUT2D eigenvalue weighted by Crippen LogP contribution is 2.34. The van der Waals surface area contributed by atoms with E-state index in [4.69, 9.17) is 9.47 Å². The van der Waals surface area contributed by atoms with E-state index in [0.29, 0.717) is 25.2 Å². The van der Waals surface area contributed by atoms with Crippen LogP contribution in [0, 0.1) is 5.92 Å². The maximum atomic E-state index is 13.1. The monoisotopic (exact) mass is 543 g/mol. The number of ether oxygens (including phenoxy) is 2. The highest BCUT2D eigenvalue weighted by molar-refractivity contribution is 5.99. The van der Waals surface area contributed by atoms with Crippen LogP contribution in [0.4, 0.5) is 5.69 Å². The smallest absolute Gasteiger partial charge is 0.251 e. The molecule has 6 heterocycles. The van der Waals surface area contributed by atoms with Crippen LogP contribution in [0.25, 0.3) is 10.9 Å². The minimum atomic E-state index is 0.0724. The fourth-order valence-corrected chi connectivity index (χ4v) is 7.02. The highest BCUT2D eigenvalue weighted by atomic mass is 16.6. The molecule has 5 aliphatic heterocycles. The van der Waals surface area contributed by atoms with Gasteiger partial charge in [0.15, 0.2) is 11.5 Å². The van der Waals surface area contributed by atoms with E-state index in [1.54, 1.807) is 0 Å². The standard InChI is InChI=1S/C32H41N5O3/c38-32(34-29-22-36-11-8-23(29)9-12-36)24-4-6-28-27(19-24)25(21-33-28)3-1-2-10-35-13-15-37(16-14-35)26-5-7-30-31(20-26)40-18-17-39-30/h4-7,19-21,23,29,33H,1-3,8-18,22H2,(H,34,38). The fourth-order valence-electron chi connectivity index (χ4n) is 7.02. The maximum Gasteiger partial charge on any atom is 0.251 e. The molecular formula is C32H41N5O3. The Balaban J connectivity index is 0.885. The lowest BCUT2D eigenvalue weighted by Crippen LogP contribution is -2.57.